The number of halogens is 2. The molecule has 2 aromatic rings. The molecule has 0 bridgehead atoms. The Hall–Kier alpha value is -1.20. The van der Waals surface area contributed by atoms with Crippen LogP contribution in [-0.4, -0.2) is 25.5 Å². The zero-order valence-electron chi connectivity index (χ0n) is 8.91. The lowest BCUT2D eigenvalue weighted by Crippen LogP contribution is -2.26. The van der Waals surface area contributed by atoms with E-state index in [2.05, 4.69) is 10.1 Å². The molecule has 16 heavy (non-hydrogen) atoms. The molecule has 2 rings (SSSR count). The highest BCUT2D eigenvalue weighted by atomic mass is 35.5. The molecule has 0 saturated heterocycles. The van der Waals surface area contributed by atoms with Gasteiger partial charge in [-0.25, -0.2) is 9.37 Å². The third kappa shape index (κ3) is 2.15. The number of nitrogens with zero attached hydrogens (tertiary/aromatic N) is 3. The Bertz CT molecular complexity index is 533. The van der Waals surface area contributed by atoms with Gasteiger partial charge in [-0.3, -0.25) is 4.68 Å². The molecule has 2 aromatic heterocycles. The Morgan fingerprint density at radius 3 is 2.88 bits per heavy atom. The van der Waals surface area contributed by atoms with Crippen molar-refractivity contribution in [3.63, 3.8) is 0 Å². The molecule has 0 radical (unpaired) electrons. The summed E-state index contributed by atoms with van der Waals surface area (Å²) < 4.78 is 14.6. The third-order valence-corrected chi connectivity index (χ3v) is 2.39. The van der Waals surface area contributed by atoms with Crippen molar-refractivity contribution in [3.05, 3.63) is 23.2 Å². The summed E-state index contributed by atoms with van der Waals surface area (Å²) in [6.07, 6.45) is 2.68. The minimum absolute atomic E-state index is 0.0421. The molecule has 0 aliphatic carbocycles. The Balaban J connectivity index is 2.48. The van der Waals surface area contributed by atoms with Gasteiger partial charge in [-0.1, -0.05) is 11.6 Å². The summed E-state index contributed by atoms with van der Waals surface area (Å²) in [6, 6.07) is 0. The number of aromatic nitrogens is 3. The summed E-state index contributed by atoms with van der Waals surface area (Å²) in [7, 11) is 0. The number of rotatable bonds is 2. The topological polar surface area (TPSA) is 50.9 Å². The van der Waals surface area contributed by atoms with Gasteiger partial charge in [0, 0.05) is 0 Å². The van der Waals surface area contributed by atoms with Crippen LogP contribution in [0.25, 0.3) is 11.0 Å². The predicted molar refractivity (Wildman–Crippen MR) is 58.8 cm³/mol. The Labute approximate surface area is 96.7 Å². The molecule has 1 N–H and O–H groups in total. The second kappa shape index (κ2) is 3.68. The predicted octanol–water partition coefficient (Wildman–Crippen LogP) is 1.99. The lowest BCUT2D eigenvalue weighted by Gasteiger charge is -2.16. The molecule has 86 valence electrons. The van der Waals surface area contributed by atoms with Crippen molar-refractivity contribution >= 4 is 22.6 Å². The Kier molecular flexibility index (Phi) is 2.59. The van der Waals surface area contributed by atoms with Crippen LogP contribution in [0.3, 0.4) is 0 Å². The highest BCUT2D eigenvalue weighted by Gasteiger charge is 2.16. The van der Waals surface area contributed by atoms with Gasteiger partial charge in [-0.2, -0.15) is 5.10 Å². The van der Waals surface area contributed by atoms with Crippen LogP contribution in [0.4, 0.5) is 4.39 Å². The summed E-state index contributed by atoms with van der Waals surface area (Å²) >= 11 is 5.76. The van der Waals surface area contributed by atoms with Gasteiger partial charge in [0.25, 0.3) is 0 Å². The monoisotopic (exact) mass is 243 g/mol. The molecular weight excluding hydrogens is 233 g/mol. The van der Waals surface area contributed by atoms with Crippen molar-refractivity contribution in [1.29, 1.82) is 0 Å². The Morgan fingerprint density at radius 2 is 2.25 bits per heavy atom. The summed E-state index contributed by atoms with van der Waals surface area (Å²) in [5.41, 5.74) is -0.0749. The standard InChI is InChI=1S/C10H11ClFN3O/c1-10(2,16)5-15-4-7-9(14-15)8(11)6(12)3-13-7/h3-4,16H,5H2,1-2H3. The summed E-state index contributed by atoms with van der Waals surface area (Å²) in [4.78, 5) is 3.87. The number of aliphatic hydroxyl groups is 1. The van der Waals surface area contributed by atoms with Gasteiger partial charge >= 0.3 is 0 Å². The second-order valence-electron chi connectivity index (χ2n) is 4.29. The first kappa shape index (κ1) is 11.3. The van der Waals surface area contributed by atoms with Crippen LogP contribution in [0.2, 0.25) is 5.02 Å². The number of hydrogen-bond acceptors (Lipinski definition) is 3. The molecular formula is C10H11ClFN3O. The SMILES string of the molecule is CC(C)(O)Cn1cc2ncc(F)c(Cl)c2n1. The van der Waals surface area contributed by atoms with Crippen LogP contribution < -0.4 is 0 Å². The fraction of sp³-hybridized carbons (Fsp3) is 0.400. The summed E-state index contributed by atoms with van der Waals surface area (Å²) in [5, 5.41) is 13.7. The molecule has 0 unspecified atom stereocenters. The lowest BCUT2D eigenvalue weighted by molar-refractivity contribution is 0.0580. The first-order chi connectivity index (χ1) is 7.37. The maximum Gasteiger partial charge on any atom is 0.162 e. The maximum atomic E-state index is 13.1. The highest BCUT2D eigenvalue weighted by molar-refractivity contribution is 6.34. The van der Waals surface area contributed by atoms with Gasteiger partial charge in [-0.05, 0) is 13.8 Å². The molecule has 0 aromatic carbocycles. The van der Waals surface area contributed by atoms with E-state index in [1.807, 2.05) is 0 Å². The molecule has 0 aliphatic heterocycles. The molecule has 0 fully saturated rings. The fourth-order valence-electron chi connectivity index (χ4n) is 1.44. The minimum Gasteiger partial charge on any atom is -0.389 e. The summed E-state index contributed by atoms with van der Waals surface area (Å²) in [6.45, 7) is 3.62. The average molecular weight is 244 g/mol. The van der Waals surface area contributed by atoms with Crippen LogP contribution in [-0.2, 0) is 6.54 Å². The quantitative estimate of drug-likeness (QED) is 0.878. The molecule has 0 aliphatic rings. The molecule has 0 saturated carbocycles. The zero-order chi connectivity index (χ0) is 11.9. The maximum absolute atomic E-state index is 13.1. The van der Waals surface area contributed by atoms with E-state index in [1.165, 1.54) is 4.68 Å². The molecule has 4 nitrogen and oxygen atoms in total. The van der Waals surface area contributed by atoms with Crippen LogP contribution in [0, 0.1) is 5.82 Å². The Morgan fingerprint density at radius 1 is 1.56 bits per heavy atom. The van der Waals surface area contributed by atoms with E-state index in [0.717, 1.165) is 6.20 Å². The van der Waals surface area contributed by atoms with E-state index >= 15 is 0 Å². The molecule has 0 atom stereocenters. The van der Waals surface area contributed by atoms with Crippen LogP contribution in [0.1, 0.15) is 13.8 Å². The number of pyridine rings is 1. The van der Waals surface area contributed by atoms with Gasteiger partial charge in [0.05, 0.1) is 24.5 Å². The van der Waals surface area contributed by atoms with Gasteiger partial charge < -0.3 is 5.11 Å². The van der Waals surface area contributed by atoms with Crippen molar-refractivity contribution in [2.75, 3.05) is 0 Å². The van der Waals surface area contributed by atoms with E-state index in [9.17, 15) is 9.50 Å². The minimum atomic E-state index is -0.896. The van der Waals surface area contributed by atoms with E-state index in [0.29, 0.717) is 17.6 Å². The largest absolute Gasteiger partial charge is 0.389 e. The van der Waals surface area contributed by atoms with Gasteiger partial charge in [0.15, 0.2) is 5.82 Å². The number of fused-ring (bicyclic) bond motifs is 1. The zero-order valence-corrected chi connectivity index (χ0v) is 9.66. The van der Waals surface area contributed by atoms with Crippen LogP contribution in [0.5, 0.6) is 0 Å². The summed E-state index contributed by atoms with van der Waals surface area (Å²) in [5.74, 6) is -0.595. The van der Waals surface area contributed by atoms with Crippen molar-refractivity contribution < 1.29 is 9.50 Å². The van der Waals surface area contributed by atoms with Gasteiger partial charge in [-0.15, -0.1) is 0 Å². The van der Waals surface area contributed by atoms with Crippen molar-refractivity contribution in [1.82, 2.24) is 14.8 Å². The smallest absolute Gasteiger partial charge is 0.162 e. The van der Waals surface area contributed by atoms with Crippen molar-refractivity contribution in [3.8, 4) is 0 Å². The van der Waals surface area contributed by atoms with Crippen molar-refractivity contribution in [2.45, 2.75) is 26.0 Å². The molecule has 6 heteroatoms. The van der Waals surface area contributed by atoms with Gasteiger partial charge in [0.1, 0.15) is 16.1 Å². The van der Waals surface area contributed by atoms with E-state index in [-0.39, 0.29) is 5.02 Å². The molecule has 0 amide bonds. The third-order valence-electron chi connectivity index (χ3n) is 2.03. The van der Waals surface area contributed by atoms with Crippen molar-refractivity contribution in [2.24, 2.45) is 0 Å². The molecule has 2 heterocycles. The first-order valence-electron chi connectivity index (χ1n) is 4.76. The second-order valence-corrected chi connectivity index (χ2v) is 4.67. The first-order valence-corrected chi connectivity index (χ1v) is 5.14. The van der Waals surface area contributed by atoms with Gasteiger partial charge in [0.2, 0.25) is 0 Å². The van der Waals surface area contributed by atoms with Crippen LogP contribution in [0.15, 0.2) is 12.4 Å². The number of hydrogen-bond donors (Lipinski definition) is 1. The fourth-order valence-corrected chi connectivity index (χ4v) is 1.62. The van der Waals surface area contributed by atoms with E-state index in [4.69, 9.17) is 11.6 Å². The van der Waals surface area contributed by atoms with Crippen LogP contribution >= 0.6 is 11.6 Å². The van der Waals surface area contributed by atoms with E-state index < -0.39 is 11.4 Å². The average Bonchev–Trinajstić information content (AvgIpc) is 2.52. The molecule has 0 spiro atoms. The lowest BCUT2D eigenvalue weighted by atomic mass is 10.1. The van der Waals surface area contributed by atoms with E-state index in [1.54, 1.807) is 20.0 Å². The normalized spacial score (nSPS) is 12.3. The highest BCUT2D eigenvalue weighted by Crippen LogP contribution is 2.23.